The number of thiophene rings is 1. The highest BCUT2D eigenvalue weighted by atomic mass is 32.1. The standard InChI is InChI=1S/C24H22N2O4S/c1-16(27)26-13-12-17-5-2-3-6-20(17)21(26)15-23(28)30-19-10-8-18(9-11-19)25-24(29)22-7-4-14-31-22/h2-11,14,21H,12-13,15H2,1H3,(H,25,29). The SMILES string of the molecule is CC(=O)N1CCc2ccccc2C1CC(=O)Oc1ccc(NC(=O)c2cccs2)cc1. The van der Waals surface area contributed by atoms with Crippen LogP contribution in [0, 0.1) is 0 Å². The number of ether oxygens (including phenoxy) is 1. The fourth-order valence-corrected chi connectivity index (χ4v) is 4.41. The van der Waals surface area contributed by atoms with Gasteiger partial charge in [-0.1, -0.05) is 30.3 Å². The molecule has 2 heterocycles. The zero-order valence-electron chi connectivity index (χ0n) is 17.0. The lowest BCUT2D eigenvalue weighted by Gasteiger charge is -2.36. The predicted molar refractivity (Wildman–Crippen MR) is 119 cm³/mol. The van der Waals surface area contributed by atoms with Crippen LogP contribution in [0.5, 0.6) is 5.75 Å². The lowest BCUT2D eigenvalue weighted by atomic mass is 9.90. The second-order valence-electron chi connectivity index (χ2n) is 7.31. The Balaban J connectivity index is 1.41. The number of esters is 1. The first-order valence-electron chi connectivity index (χ1n) is 10.0. The van der Waals surface area contributed by atoms with Crippen LogP contribution < -0.4 is 10.1 Å². The minimum atomic E-state index is -0.414. The van der Waals surface area contributed by atoms with Crippen molar-refractivity contribution in [3.05, 3.63) is 82.0 Å². The number of carbonyl (C=O) groups is 3. The summed E-state index contributed by atoms with van der Waals surface area (Å²) in [5.74, 6) is -0.265. The Hall–Kier alpha value is -3.45. The Labute approximate surface area is 184 Å². The van der Waals surface area contributed by atoms with Crippen LogP contribution in [0.25, 0.3) is 0 Å². The van der Waals surface area contributed by atoms with Gasteiger partial charge in [0.25, 0.3) is 5.91 Å². The Kier molecular flexibility index (Phi) is 6.13. The molecule has 1 aliphatic heterocycles. The molecule has 1 N–H and O–H groups in total. The van der Waals surface area contributed by atoms with Gasteiger partial charge in [-0.05, 0) is 53.3 Å². The Morgan fingerprint density at radius 1 is 1.06 bits per heavy atom. The molecule has 0 spiro atoms. The van der Waals surface area contributed by atoms with Crippen LogP contribution >= 0.6 is 11.3 Å². The molecule has 1 aromatic heterocycles. The molecule has 0 saturated heterocycles. The summed E-state index contributed by atoms with van der Waals surface area (Å²) in [4.78, 5) is 39.2. The number of anilines is 1. The fourth-order valence-electron chi connectivity index (χ4n) is 3.79. The van der Waals surface area contributed by atoms with E-state index < -0.39 is 5.97 Å². The number of amides is 2. The van der Waals surface area contributed by atoms with Crippen LogP contribution in [-0.2, 0) is 16.0 Å². The van der Waals surface area contributed by atoms with Gasteiger partial charge >= 0.3 is 5.97 Å². The zero-order valence-corrected chi connectivity index (χ0v) is 17.9. The maximum absolute atomic E-state index is 12.6. The third-order valence-electron chi connectivity index (χ3n) is 5.27. The highest BCUT2D eigenvalue weighted by molar-refractivity contribution is 7.12. The van der Waals surface area contributed by atoms with Gasteiger partial charge in [-0.3, -0.25) is 14.4 Å². The summed E-state index contributed by atoms with van der Waals surface area (Å²) in [6.45, 7) is 2.11. The van der Waals surface area contributed by atoms with E-state index in [0.717, 1.165) is 17.5 Å². The third kappa shape index (κ3) is 4.83. The molecular formula is C24H22N2O4S. The Morgan fingerprint density at radius 2 is 1.84 bits per heavy atom. The molecule has 6 nitrogen and oxygen atoms in total. The molecule has 7 heteroatoms. The second-order valence-corrected chi connectivity index (χ2v) is 8.26. The predicted octanol–water partition coefficient (Wildman–Crippen LogP) is 4.44. The summed E-state index contributed by atoms with van der Waals surface area (Å²) in [6.07, 6.45) is 0.855. The number of benzene rings is 2. The van der Waals surface area contributed by atoms with Crippen LogP contribution in [0.1, 0.15) is 40.2 Å². The van der Waals surface area contributed by atoms with Crippen LogP contribution in [0.4, 0.5) is 5.69 Å². The molecule has 158 valence electrons. The summed E-state index contributed by atoms with van der Waals surface area (Å²) in [7, 11) is 0. The first-order valence-corrected chi connectivity index (χ1v) is 10.9. The molecule has 4 rings (SSSR count). The zero-order chi connectivity index (χ0) is 21.8. The highest BCUT2D eigenvalue weighted by Gasteiger charge is 2.31. The van der Waals surface area contributed by atoms with E-state index in [1.54, 1.807) is 35.2 Å². The van der Waals surface area contributed by atoms with E-state index in [1.165, 1.54) is 18.3 Å². The number of hydrogen-bond acceptors (Lipinski definition) is 5. The van der Waals surface area contributed by atoms with Crippen molar-refractivity contribution in [2.75, 3.05) is 11.9 Å². The summed E-state index contributed by atoms with van der Waals surface area (Å²) < 4.78 is 5.50. The van der Waals surface area contributed by atoms with E-state index in [1.807, 2.05) is 35.7 Å². The second kappa shape index (κ2) is 9.14. The largest absolute Gasteiger partial charge is 0.426 e. The van der Waals surface area contributed by atoms with E-state index in [2.05, 4.69) is 5.32 Å². The van der Waals surface area contributed by atoms with Crippen molar-refractivity contribution in [1.82, 2.24) is 4.90 Å². The van der Waals surface area contributed by atoms with Crippen LogP contribution in [0.2, 0.25) is 0 Å². The molecule has 2 amide bonds. The molecular weight excluding hydrogens is 412 g/mol. The molecule has 1 atom stereocenters. The quantitative estimate of drug-likeness (QED) is 0.476. The topological polar surface area (TPSA) is 75.7 Å². The van der Waals surface area contributed by atoms with Gasteiger partial charge in [-0.15, -0.1) is 11.3 Å². The smallest absolute Gasteiger partial charge is 0.313 e. The molecule has 0 fully saturated rings. The van der Waals surface area contributed by atoms with Crippen molar-refractivity contribution in [3.8, 4) is 5.75 Å². The molecule has 0 bridgehead atoms. The maximum atomic E-state index is 12.6. The van der Waals surface area contributed by atoms with E-state index in [-0.39, 0.29) is 24.3 Å². The van der Waals surface area contributed by atoms with Crippen LogP contribution in [0.15, 0.2) is 66.0 Å². The minimum absolute atomic E-state index is 0.0573. The van der Waals surface area contributed by atoms with Crippen molar-refractivity contribution >= 4 is 34.8 Å². The lowest BCUT2D eigenvalue weighted by molar-refractivity contribution is -0.138. The first-order chi connectivity index (χ1) is 15.0. The van der Waals surface area contributed by atoms with Crippen molar-refractivity contribution < 1.29 is 19.1 Å². The Morgan fingerprint density at radius 3 is 2.55 bits per heavy atom. The number of rotatable bonds is 5. The molecule has 1 unspecified atom stereocenters. The van der Waals surface area contributed by atoms with Gasteiger partial charge in [0.15, 0.2) is 0 Å². The number of hydrogen-bond donors (Lipinski definition) is 1. The monoisotopic (exact) mass is 434 g/mol. The van der Waals surface area contributed by atoms with Crippen molar-refractivity contribution in [2.24, 2.45) is 0 Å². The number of carbonyl (C=O) groups excluding carboxylic acids is 3. The third-order valence-corrected chi connectivity index (χ3v) is 6.13. The Bertz CT molecular complexity index is 1090. The summed E-state index contributed by atoms with van der Waals surface area (Å²) >= 11 is 1.37. The molecule has 0 radical (unpaired) electrons. The summed E-state index contributed by atoms with van der Waals surface area (Å²) in [5, 5.41) is 4.65. The van der Waals surface area contributed by atoms with Crippen molar-refractivity contribution in [2.45, 2.75) is 25.8 Å². The summed E-state index contributed by atoms with van der Waals surface area (Å²) in [6, 6.07) is 17.8. The normalized spacial score (nSPS) is 15.1. The lowest BCUT2D eigenvalue weighted by Crippen LogP contribution is -2.40. The van der Waals surface area contributed by atoms with E-state index in [9.17, 15) is 14.4 Å². The van der Waals surface area contributed by atoms with E-state index in [4.69, 9.17) is 4.74 Å². The average molecular weight is 435 g/mol. The number of nitrogens with one attached hydrogen (secondary N) is 1. The molecule has 31 heavy (non-hydrogen) atoms. The molecule has 0 aliphatic carbocycles. The molecule has 1 aliphatic rings. The van der Waals surface area contributed by atoms with Gasteiger partial charge in [0.05, 0.1) is 17.3 Å². The van der Waals surface area contributed by atoms with Crippen LogP contribution in [-0.4, -0.2) is 29.2 Å². The molecule has 0 saturated carbocycles. The first kappa shape index (κ1) is 20.8. The van der Waals surface area contributed by atoms with Gasteiger partial charge in [0, 0.05) is 19.2 Å². The maximum Gasteiger partial charge on any atom is 0.313 e. The average Bonchev–Trinajstić information content (AvgIpc) is 3.30. The molecule has 3 aromatic rings. The van der Waals surface area contributed by atoms with E-state index in [0.29, 0.717) is 22.9 Å². The van der Waals surface area contributed by atoms with E-state index >= 15 is 0 Å². The van der Waals surface area contributed by atoms with Crippen molar-refractivity contribution in [1.29, 1.82) is 0 Å². The molecule has 2 aromatic carbocycles. The van der Waals surface area contributed by atoms with Crippen molar-refractivity contribution in [3.63, 3.8) is 0 Å². The minimum Gasteiger partial charge on any atom is -0.426 e. The highest BCUT2D eigenvalue weighted by Crippen LogP contribution is 2.32. The van der Waals surface area contributed by atoms with Gasteiger partial charge in [-0.2, -0.15) is 0 Å². The number of nitrogens with zero attached hydrogens (tertiary/aromatic N) is 1. The van der Waals surface area contributed by atoms with Gasteiger partial charge in [0.1, 0.15) is 5.75 Å². The van der Waals surface area contributed by atoms with Crippen LogP contribution in [0.3, 0.4) is 0 Å². The van der Waals surface area contributed by atoms with Gasteiger partial charge < -0.3 is 15.0 Å². The summed E-state index contributed by atoms with van der Waals surface area (Å²) in [5.41, 5.74) is 2.76. The van der Waals surface area contributed by atoms with Gasteiger partial charge in [0.2, 0.25) is 5.91 Å². The fraction of sp³-hybridized carbons (Fsp3) is 0.208. The van der Waals surface area contributed by atoms with Gasteiger partial charge in [-0.25, -0.2) is 0 Å². The number of fused-ring (bicyclic) bond motifs is 1.